The maximum atomic E-state index is 11.4. The number of benzene rings is 1. The molecule has 0 aromatic heterocycles. The summed E-state index contributed by atoms with van der Waals surface area (Å²) in [5.41, 5.74) is 4.35. The molecule has 0 amide bonds. The van der Waals surface area contributed by atoms with Crippen LogP contribution in [0.2, 0.25) is 0 Å². The summed E-state index contributed by atoms with van der Waals surface area (Å²) in [5.74, 6) is -0.902. The van der Waals surface area contributed by atoms with Gasteiger partial charge >= 0.3 is 5.97 Å². The van der Waals surface area contributed by atoms with Crippen molar-refractivity contribution in [2.45, 2.75) is 18.6 Å². The maximum Gasteiger partial charge on any atom is 0.338 e. The Bertz CT molecular complexity index is 427. The van der Waals surface area contributed by atoms with Crippen molar-refractivity contribution < 1.29 is 14.6 Å². The van der Waals surface area contributed by atoms with E-state index in [1.165, 1.54) is 0 Å². The highest BCUT2D eigenvalue weighted by Crippen LogP contribution is 2.22. The van der Waals surface area contributed by atoms with E-state index in [0.29, 0.717) is 5.56 Å². The van der Waals surface area contributed by atoms with E-state index < -0.39 is 17.6 Å². The first-order chi connectivity index (χ1) is 8.06. The van der Waals surface area contributed by atoms with Crippen LogP contribution < -0.4 is 5.73 Å². The van der Waals surface area contributed by atoms with Gasteiger partial charge in [-0.25, -0.2) is 4.79 Å². The molecule has 17 heavy (non-hydrogen) atoms. The Morgan fingerprint density at radius 1 is 1.59 bits per heavy atom. The normalized spacial score (nSPS) is 15.4. The van der Waals surface area contributed by atoms with Gasteiger partial charge in [0.1, 0.15) is 0 Å². The number of carbonyl (C=O) groups excluding carboxylic acids is 1. The molecule has 90 valence electrons. The number of nitrogens with two attached hydrogens (primary N) is 1. The Balaban J connectivity index is 3.05. The zero-order valence-electron chi connectivity index (χ0n) is 9.46. The van der Waals surface area contributed by atoms with Crippen LogP contribution in [-0.4, -0.2) is 23.8 Å². The van der Waals surface area contributed by atoms with Crippen LogP contribution in [0.3, 0.4) is 0 Å². The van der Waals surface area contributed by atoms with Crippen LogP contribution in [0.25, 0.3) is 0 Å². The van der Waals surface area contributed by atoms with Crippen molar-refractivity contribution in [2.75, 3.05) is 6.61 Å². The van der Waals surface area contributed by atoms with Gasteiger partial charge < -0.3 is 15.6 Å². The smallest absolute Gasteiger partial charge is 0.338 e. The summed E-state index contributed by atoms with van der Waals surface area (Å²) < 4.78 is 4.65. The van der Waals surface area contributed by atoms with Crippen LogP contribution in [-0.2, 0) is 15.1 Å². The molecular formula is C12H14N2O3. The second-order valence-electron chi connectivity index (χ2n) is 3.50. The van der Waals surface area contributed by atoms with E-state index in [1.54, 1.807) is 43.3 Å². The summed E-state index contributed by atoms with van der Waals surface area (Å²) in [6.45, 7) is 1.73. The van der Waals surface area contributed by atoms with Crippen LogP contribution >= 0.6 is 0 Å². The molecule has 2 unspecified atom stereocenters. The van der Waals surface area contributed by atoms with Crippen LogP contribution in [0.1, 0.15) is 12.5 Å². The highest BCUT2D eigenvalue weighted by Gasteiger charge is 2.41. The first kappa shape index (κ1) is 13.2. The summed E-state index contributed by atoms with van der Waals surface area (Å²) >= 11 is 0. The van der Waals surface area contributed by atoms with Crippen molar-refractivity contribution in [3.05, 3.63) is 35.9 Å². The summed E-state index contributed by atoms with van der Waals surface area (Å²) in [6.07, 6.45) is -1.71. The molecule has 0 radical (unpaired) electrons. The molecule has 0 bridgehead atoms. The van der Waals surface area contributed by atoms with Crippen molar-refractivity contribution in [3.8, 4) is 6.07 Å². The highest BCUT2D eigenvalue weighted by molar-refractivity contribution is 5.77. The highest BCUT2D eigenvalue weighted by atomic mass is 16.5. The summed E-state index contributed by atoms with van der Waals surface area (Å²) in [6, 6.07) is 10.0. The molecule has 0 saturated carbocycles. The maximum absolute atomic E-state index is 11.4. The molecule has 0 fully saturated rings. The van der Waals surface area contributed by atoms with Gasteiger partial charge in [-0.15, -0.1) is 0 Å². The summed E-state index contributed by atoms with van der Waals surface area (Å²) in [7, 11) is 0. The second kappa shape index (κ2) is 5.43. The van der Waals surface area contributed by atoms with Crippen LogP contribution in [0.4, 0.5) is 0 Å². The summed E-state index contributed by atoms with van der Waals surface area (Å²) in [4.78, 5) is 11.4. The molecule has 1 aromatic rings. The third-order valence-corrected chi connectivity index (χ3v) is 2.38. The molecule has 3 N–H and O–H groups in total. The van der Waals surface area contributed by atoms with E-state index in [9.17, 15) is 9.90 Å². The molecule has 1 rings (SSSR count). The standard InChI is InChI=1S/C12H14N2O3/c1-2-17-11(16)10(15)12(14,8-13)9-6-4-3-5-7-9/h3-7,10,15H,2,14H2,1H3. The van der Waals surface area contributed by atoms with E-state index in [0.717, 1.165) is 0 Å². The van der Waals surface area contributed by atoms with E-state index in [1.807, 2.05) is 0 Å². The van der Waals surface area contributed by atoms with Gasteiger partial charge in [0.15, 0.2) is 11.6 Å². The van der Waals surface area contributed by atoms with Crippen LogP contribution in [0.15, 0.2) is 30.3 Å². The largest absolute Gasteiger partial charge is 0.464 e. The Morgan fingerprint density at radius 3 is 2.65 bits per heavy atom. The number of hydrogen-bond acceptors (Lipinski definition) is 5. The van der Waals surface area contributed by atoms with E-state index in [4.69, 9.17) is 11.0 Å². The third kappa shape index (κ3) is 2.61. The average molecular weight is 234 g/mol. The SMILES string of the molecule is CCOC(=O)C(O)C(N)(C#N)c1ccccc1. The number of hydrogen-bond donors (Lipinski definition) is 2. The number of esters is 1. The van der Waals surface area contributed by atoms with Gasteiger partial charge in [0, 0.05) is 0 Å². The average Bonchev–Trinajstić information content (AvgIpc) is 2.38. The van der Waals surface area contributed by atoms with Gasteiger partial charge in [0.2, 0.25) is 0 Å². The van der Waals surface area contributed by atoms with E-state index >= 15 is 0 Å². The fourth-order valence-electron chi connectivity index (χ4n) is 1.40. The molecule has 0 saturated heterocycles. The number of carbonyl (C=O) groups is 1. The Kier molecular flexibility index (Phi) is 4.21. The minimum atomic E-state index is -1.80. The second-order valence-corrected chi connectivity index (χ2v) is 3.50. The van der Waals surface area contributed by atoms with Gasteiger partial charge in [0.25, 0.3) is 0 Å². The van der Waals surface area contributed by atoms with Gasteiger partial charge in [-0.2, -0.15) is 5.26 Å². The number of nitriles is 1. The van der Waals surface area contributed by atoms with Crippen molar-refractivity contribution in [3.63, 3.8) is 0 Å². The molecule has 1 aromatic carbocycles. The first-order valence-corrected chi connectivity index (χ1v) is 5.16. The first-order valence-electron chi connectivity index (χ1n) is 5.16. The zero-order chi connectivity index (χ0) is 12.9. The van der Waals surface area contributed by atoms with Gasteiger partial charge in [0.05, 0.1) is 12.7 Å². The van der Waals surface area contributed by atoms with Crippen LogP contribution in [0.5, 0.6) is 0 Å². The summed E-state index contributed by atoms with van der Waals surface area (Å²) in [5, 5.41) is 18.9. The Hall–Kier alpha value is -1.90. The lowest BCUT2D eigenvalue weighted by Crippen LogP contribution is -2.51. The van der Waals surface area contributed by atoms with Crippen molar-refractivity contribution >= 4 is 5.97 Å². The van der Waals surface area contributed by atoms with Crippen molar-refractivity contribution in [1.29, 1.82) is 5.26 Å². The lowest BCUT2D eigenvalue weighted by Gasteiger charge is -2.26. The molecular weight excluding hydrogens is 220 g/mol. The monoisotopic (exact) mass is 234 g/mol. The van der Waals surface area contributed by atoms with Gasteiger partial charge in [-0.3, -0.25) is 0 Å². The van der Waals surface area contributed by atoms with Crippen LogP contribution in [0, 0.1) is 11.3 Å². The predicted octanol–water partition coefficient (Wildman–Crippen LogP) is 0.288. The molecule has 0 spiro atoms. The number of rotatable bonds is 4. The Labute approximate surface area is 99.4 Å². The minimum absolute atomic E-state index is 0.117. The number of nitrogens with zero attached hydrogens (tertiary/aromatic N) is 1. The van der Waals surface area contributed by atoms with Crippen molar-refractivity contribution in [2.24, 2.45) is 5.73 Å². The zero-order valence-corrected chi connectivity index (χ0v) is 9.46. The molecule has 5 heteroatoms. The molecule has 0 aliphatic heterocycles. The quantitative estimate of drug-likeness (QED) is 0.730. The number of ether oxygens (including phenoxy) is 1. The minimum Gasteiger partial charge on any atom is -0.464 e. The molecule has 0 aliphatic carbocycles. The lowest BCUT2D eigenvalue weighted by molar-refractivity contribution is -0.155. The van der Waals surface area contributed by atoms with E-state index in [2.05, 4.69) is 4.74 Å². The topological polar surface area (TPSA) is 96.3 Å². The van der Waals surface area contributed by atoms with Crippen molar-refractivity contribution in [1.82, 2.24) is 0 Å². The fourth-order valence-corrected chi connectivity index (χ4v) is 1.40. The predicted molar refractivity (Wildman–Crippen MR) is 60.6 cm³/mol. The lowest BCUT2D eigenvalue weighted by atomic mass is 9.87. The molecule has 0 aliphatic rings. The molecule has 2 atom stereocenters. The third-order valence-electron chi connectivity index (χ3n) is 2.38. The number of aliphatic hydroxyl groups excluding tert-OH is 1. The molecule has 5 nitrogen and oxygen atoms in total. The Morgan fingerprint density at radius 2 is 2.18 bits per heavy atom. The van der Waals surface area contributed by atoms with Gasteiger partial charge in [-0.1, -0.05) is 30.3 Å². The number of aliphatic hydroxyl groups is 1. The van der Waals surface area contributed by atoms with E-state index in [-0.39, 0.29) is 6.61 Å². The molecule has 0 heterocycles. The fraction of sp³-hybridized carbons (Fsp3) is 0.333. The van der Waals surface area contributed by atoms with Gasteiger partial charge in [-0.05, 0) is 12.5 Å².